The molecule has 0 radical (unpaired) electrons. The number of fused-ring (bicyclic) bond motifs is 1. The molecule has 1 heterocycles. The Morgan fingerprint density at radius 3 is 2.56 bits per heavy atom. The summed E-state index contributed by atoms with van der Waals surface area (Å²) in [6, 6.07) is 18.1. The van der Waals surface area contributed by atoms with Crippen LogP contribution in [-0.2, 0) is 17.1 Å². The number of imidazole rings is 1. The molecular formula is C20H23N3OS. The van der Waals surface area contributed by atoms with E-state index in [9.17, 15) is 4.79 Å². The van der Waals surface area contributed by atoms with Crippen molar-refractivity contribution < 1.29 is 4.79 Å². The molecule has 1 unspecified atom stereocenters. The molecule has 0 aliphatic rings. The first-order valence-electron chi connectivity index (χ1n) is 8.35. The lowest BCUT2D eigenvalue weighted by molar-refractivity contribution is -0.132. The molecule has 0 fully saturated rings. The maximum atomic E-state index is 12.9. The topological polar surface area (TPSA) is 38.1 Å². The van der Waals surface area contributed by atoms with E-state index < -0.39 is 0 Å². The van der Waals surface area contributed by atoms with Crippen LogP contribution in [0.1, 0.15) is 24.4 Å². The Bertz CT molecular complexity index is 860. The molecule has 0 aliphatic carbocycles. The summed E-state index contributed by atoms with van der Waals surface area (Å²) in [5.41, 5.74) is 3.09. The summed E-state index contributed by atoms with van der Waals surface area (Å²) < 4.78 is 2.04. The van der Waals surface area contributed by atoms with Crippen LogP contribution >= 0.6 is 11.8 Å². The number of thioether (sulfide) groups is 1. The van der Waals surface area contributed by atoms with Gasteiger partial charge in [0.15, 0.2) is 0 Å². The molecule has 0 N–H and O–H groups in total. The number of hydrogen-bond acceptors (Lipinski definition) is 3. The molecule has 3 aromatic rings. The average molecular weight is 353 g/mol. The van der Waals surface area contributed by atoms with E-state index >= 15 is 0 Å². The van der Waals surface area contributed by atoms with Crippen molar-refractivity contribution in [3.63, 3.8) is 0 Å². The van der Waals surface area contributed by atoms with E-state index in [-0.39, 0.29) is 11.9 Å². The summed E-state index contributed by atoms with van der Waals surface area (Å²) in [5.74, 6) is 1.82. The molecule has 1 amide bonds. The summed E-state index contributed by atoms with van der Waals surface area (Å²) in [7, 11) is 1.87. The van der Waals surface area contributed by atoms with Crippen LogP contribution < -0.4 is 0 Å². The zero-order chi connectivity index (χ0) is 17.8. The lowest BCUT2D eigenvalue weighted by Gasteiger charge is -2.26. The standard InChI is InChI=1S/C20H23N3OS/c1-15(16-9-5-4-6-10-16)22(2)20(24)13-23-18-12-8-7-11-17(18)21-19(23)14-25-3/h4-12,15H,13-14H2,1-3H3. The number of aromatic nitrogens is 2. The first-order chi connectivity index (χ1) is 12.1. The van der Waals surface area contributed by atoms with Crippen molar-refractivity contribution in [1.29, 1.82) is 0 Å². The molecule has 0 spiro atoms. The summed E-state index contributed by atoms with van der Waals surface area (Å²) in [6.07, 6.45) is 2.05. The van der Waals surface area contributed by atoms with E-state index in [4.69, 9.17) is 0 Å². The van der Waals surface area contributed by atoms with Crippen LogP contribution in [0, 0.1) is 0 Å². The van der Waals surface area contributed by atoms with Gasteiger partial charge in [0.25, 0.3) is 0 Å². The van der Waals surface area contributed by atoms with E-state index in [1.165, 1.54) is 0 Å². The number of rotatable bonds is 6. The maximum absolute atomic E-state index is 12.9. The van der Waals surface area contributed by atoms with E-state index in [0.29, 0.717) is 6.54 Å². The van der Waals surface area contributed by atoms with Gasteiger partial charge in [-0.3, -0.25) is 4.79 Å². The molecule has 0 saturated carbocycles. The van der Waals surface area contributed by atoms with Crippen molar-refractivity contribution in [1.82, 2.24) is 14.5 Å². The minimum atomic E-state index is 0.0347. The normalized spacial score (nSPS) is 12.3. The Hall–Kier alpha value is -2.27. The van der Waals surface area contributed by atoms with Gasteiger partial charge >= 0.3 is 0 Å². The van der Waals surface area contributed by atoms with Gasteiger partial charge in [0.1, 0.15) is 12.4 Å². The largest absolute Gasteiger partial charge is 0.337 e. The third kappa shape index (κ3) is 3.71. The second kappa shape index (κ2) is 7.74. The highest BCUT2D eigenvalue weighted by Gasteiger charge is 2.20. The Kier molecular flexibility index (Phi) is 5.43. The smallest absolute Gasteiger partial charge is 0.242 e. The van der Waals surface area contributed by atoms with E-state index in [1.807, 2.05) is 59.0 Å². The van der Waals surface area contributed by atoms with Crippen molar-refractivity contribution >= 4 is 28.7 Å². The first kappa shape index (κ1) is 17.5. The number of para-hydroxylation sites is 2. The van der Waals surface area contributed by atoms with E-state index in [2.05, 4.69) is 30.3 Å². The number of hydrogen-bond donors (Lipinski definition) is 0. The Balaban J connectivity index is 1.85. The van der Waals surface area contributed by atoms with Gasteiger partial charge < -0.3 is 9.47 Å². The minimum Gasteiger partial charge on any atom is -0.337 e. The van der Waals surface area contributed by atoms with Gasteiger partial charge in [-0.2, -0.15) is 11.8 Å². The van der Waals surface area contributed by atoms with Gasteiger partial charge in [-0.05, 0) is 30.9 Å². The molecule has 0 saturated heterocycles. The molecule has 0 aliphatic heterocycles. The highest BCUT2D eigenvalue weighted by atomic mass is 32.2. The highest BCUT2D eigenvalue weighted by molar-refractivity contribution is 7.97. The Labute approximate surface area is 152 Å². The van der Waals surface area contributed by atoms with E-state index in [0.717, 1.165) is 28.2 Å². The van der Waals surface area contributed by atoms with Crippen LogP contribution in [0.2, 0.25) is 0 Å². The van der Waals surface area contributed by atoms with Crippen molar-refractivity contribution in [2.24, 2.45) is 0 Å². The van der Waals surface area contributed by atoms with Crippen LogP contribution in [0.3, 0.4) is 0 Å². The lowest BCUT2D eigenvalue weighted by atomic mass is 10.1. The average Bonchev–Trinajstić information content (AvgIpc) is 2.99. The quantitative estimate of drug-likeness (QED) is 0.669. The fourth-order valence-electron chi connectivity index (χ4n) is 2.96. The fourth-order valence-corrected chi connectivity index (χ4v) is 3.44. The summed E-state index contributed by atoms with van der Waals surface area (Å²) >= 11 is 1.71. The van der Waals surface area contributed by atoms with Crippen LogP contribution in [0.15, 0.2) is 54.6 Å². The summed E-state index contributed by atoms with van der Waals surface area (Å²) in [4.78, 5) is 19.4. The highest BCUT2D eigenvalue weighted by Crippen LogP contribution is 2.22. The lowest BCUT2D eigenvalue weighted by Crippen LogP contribution is -2.33. The number of carbonyl (C=O) groups excluding carboxylic acids is 1. The SMILES string of the molecule is CSCc1nc2ccccc2n1CC(=O)N(C)C(C)c1ccccc1. The fraction of sp³-hybridized carbons (Fsp3) is 0.300. The number of nitrogens with zero attached hydrogens (tertiary/aromatic N) is 3. The predicted octanol–water partition coefficient (Wildman–Crippen LogP) is 4.12. The second-order valence-electron chi connectivity index (χ2n) is 6.13. The van der Waals surface area contributed by atoms with Gasteiger partial charge in [0.05, 0.1) is 22.8 Å². The Morgan fingerprint density at radius 2 is 1.84 bits per heavy atom. The van der Waals surface area contributed by atoms with Gasteiger partial charge in [0, 0.05) is 7.05 Å². The number of benzene rings is 2. The monoisotopic (exact) mass is 353 g/mol. The molecule has 2 aromatic carbocycles. The summed E-state index contributed by atoms with van der Waals surface area (Å²) in [6.45, 7) is 2.37. The zero-order valence-electron chi connectivity index (χ0n) is 14.8. The molecule has 3 rings (SSSR count). The minimum absolute atomic E-state index is 0.0347. The number of likely N-dealkylation sites (N-methyl/N-ethyl adjacent to an activating group) is 1. The van der Waals surface area contributed by atoms with Gasteiger partial charge in [0.2, 0.25) is 5.91 Å². The van der Waals surface area contributed by atoms with Crippen LogP contribution in [0.5, 0.6) is 0 Å². The predicted molar refractivity (Wildman–Crippen MR) is 105 cm³/mol. The van der Waals surface area contributed by atoms with Gasteiger partial charge in [-0.25, -0.2) is 4.98 Å². The molecule has 0 bridgehead atoms. The van der Waals surface area contributed by atoms with Crippen molar-refractivity contribution in [2.75, 3.05) is 13.3 Å². The van der Waals surface area contributed by atoms with Crippen LogP contribution in [0.4, 0.5) is 0 Å². The Morgan fingerprint density at radius 1 is 1.16 bits per heavy atom. The molecule has 4 nitrogen and oxygen atoms in total. The molecule has 5 heteroatoms. The number of amides is 1. The van der Waals surface area contributed by atoms with Gasteiger partial charge in [-0.1, -0.05) is 42.5 Å². The first-order valence-corrected chi connectivity index (χ1v) is 9.75. The van der Waals surface area contributed by atoms with E-state index in [1.54, 1.807) is 11.8 Å². The third-order valence-electron chi connectivity index (χ3n) is 4.56. The van der Waals surface area contributed by atoms with Crippen LogP contribution in [-0.4, -0.2) is 33.7 Å². The molecule has 1 aromatic heterocycles. The summed E-state index contributed by atoms with van der Waals surface area (Å²) in [5, 5.41) is 0. The van der Waals surface area contributed by atoms with Crippen molar-refractivity contribution in [3.05, 3.63) is 66.0 Å². The van der Waals surface area contributed by atoms with Gasteiger partial charge in [-0.15, -0.1) is 0 Å². The second-order valence-corrected chi connectivity index (χ2v) is 6.99. The molecule has 1 atom stereocenters. The third-order valence-corrected chi connectivity index (χ3v) is 5.10. The maximum Gasteiger partial charge on any atom is 0.242 e. The van der Waals surface area contributed by atoms with Crippen molar-refractivity contribution in [2.45, 2.75) is 25.3 Å². The molecular weight excluding hydrogens is 330 g/mol. The van der Waals surface area contributed by atoms with Crippen molar-refractivity contribution in [3.8, 4) is 0 Å². The number of carbonyl (C=O) groups is 1. The van der Waals surface area contributed by atoms with Crippen LogP contribution in [0.25, 0.3) is 11.0 Å². The zero-order valence-corrected chi connectivity index (χ0v) is 15.7. The molecule has 25 heavy (non-hydrogen) atoms. The molecule has 130 valence electrons.